The number of anilines is 1. The number of ether oxygens (including phenoxy) is 1. The molecule has 2 rings (SSSR count). The first-order valence-electron chi connectivity index (χ1n) is 7.23. The summed E-state index contributed by atoms with van der Waals surface area (Å²) in [7, 11) is 3.46. The molecule has 0 saturated carbocycles. The van der Waals surface area contributed by atoms with E-state index >= 15 is 0 Å². The van der Waals surface area contributed by atoms with Gasteiger partial charge in [-0.05, 0) is 37.3 Å². The van der Waals surface area contributed by atoms with E-state index in [0.29, 0.717) is 11.5 Å². The van der Waals surface area contributed by atoms with Crippen LogP contribution in [0.15, 0.2) is 6.07 Å². The maximum atomic E-state index is 9.89. The predicted octanol–water partition coefficient (Wildman–Crippen LogP) is 1.04. The minimum absolute atomic E-state index is 0.289. The van der Waals surface area contributed by atoms with Gasteiger partial charge in [-0.2, -0.15) is 0 Å². The van der Waals surface area contributed by atoms with Crippen LogP contribution in [0, 0.1) is 0 Å². The highest BCUT2D eigenvalue weighted by molar-refractivity contribution is 7.80. The number of nitrogens with zero attached hydrogens (tertiary/aromatic N) is 2. The van der Waals surface area contributed by atoms with Crippen molar-refractivity contribution in [2.75, 3.05) is 32.2 Å². The summed E-state index contributed by atoms with van der Waals surface area (Å²) in [5, 5.41) is 9.89. The third-order valence-electron chi connectivity index (χ3n) is 3.75. The highest BCUT2D eigenvalue weighted by atomic mass is 32.1. The van der Waals surface area contributed by atoms with Crippen LogP contribution in [0.3, 0.4) is 0 Å². The maximum Gasteiger partial charge on any atom is 0.138 e. The number of thiocarbonyl (C=S) groups is 1. The molecule has 116 valence electrons. The molecule has 21 heavy (non-hydrogen) atoms. The highest BCUT2D eigenvalue weighted by Crippen LogP contribution is 2.26. The van der Waals surface area contributed by atoms with E-state index in [2.05, 4.69) is 6.07 Å². The van der Waals surface area contributed by atoms with Gasteiger partial charge in [0.1, 0.15) is 10.8 Å². The molecule has 0 saturated heterocycles. The van der Waals surface area contributed by atoms with Gasteiger partial charge >= 0.3 is 0 Å². The Morgan fingerprint density at radius 1 is 1.52 bits per heavy atom. The van der Waals surface area contributed by atoms with Gasteiger partial charge in [-0.15, -0.1) is 0 Å². The number of pyridine rings is 1. The number of aromatic nitrogens is 1. The van der Waals surface area contributed by atoms with Crippen LogP contribution >= 0.6 is 12.2 Å². The van der Waals surface area contributed by atoms with Crippen LogP contribution in [-0.2, 0) is 17.6 Å². The number of aryl methyl sites for hydroxylation is 2. The lowest BCUT2D eigenvalue weighted by Gasteiger charge is -2.26. The molecule has 5 nitrogen and oxygen atoms in total. The summed E-state index contributed by atoms with van der Waals surface area (Å²) in [5.41, 5.74) is 9.02. The zero-order chi connectivity index (χ0) is 15.4. The van der Waals surface area contributed by atoms with Gasteiger partial charge in [0.15, 0.2) is 0 Å². The second-order valence-electron chi connectivity index (χ2n) is 5.53. The Morgan fingerprint density at radius 2 is 2.24 bits per heavy atom. The molecule has 0 aromatic carbocycles. The fraction of sp³-hybridized carbons (Fsp3) is 0.600. The first kappa shape index (κ1) is 16.1. The Hall–Kier alpha value is -1.24. The zero-order valence-electron chi connectivity index (χ0n) is 12.6. The number of methoxy groups -OCH3 is 1. The van der Waals surface area contributed by atoms with Crippen molar-refractivity contribution in [3.63, 3.8) is 0 Å². The number of aliphatic hydroxyl groups excluding tert-OH is 1. The van der Waals surface area contributed by atoms with Crippen LogP contribution in [0.5, 0.6) is 0 Å². The van der Waals surface area contributed by atoms with Crippen molar-refractivity contribution >= 4 is 23.0 Å². The second kappa shape index (κ2) is 7.15. The van der Waals surface area contributed by atoms with Gasteiger partial charge in [-0.25, -0.2) is 4.98 Å². The number of rotatable bonds is 6. The summed E-state index contributed by atoms with van der Waals surface area (Å²) in [6, 6.07) is 2.07. The normalized spacial score (nSPS) is 15.4. The molecule has 6 heteroatoms. The van der Waals surface area contributed by atoms with Gasteiger partial charge < -0.3 is 20.5 Å². The van der Waals surface area contributed by atoms with Crippen molar-refractivity contribution in [2.45, 2.75) is 31.8 Å². The maximum absolute atomic E-state index is 9.89. The largest absolute Gasteiger partial charge is 0.389 e. The molecule has 1 unspecified atom stereocenters. The quantitative estimate of drug-likeness (QED) is 0.765. The number of hydrogen-bond donors (Lipinski definition) is 2. The molecule has 0 radical (unpaired) electrons. The van der Waals surface area contributed by atoms with E-state index in [-0.39, 0.29) is 6.61 Å². The molecule has 1 aromatic heterocycles. The van der Waals surface area contributed by atoms with Gasteiger partial charge in [0, 0.05) is 26.4 Å². The van der Waals surface area contributed by atoms with Crippen molar-refractivity contribution in [1.82, 2.24) is 4.98 Å². The lowest BCUT2D eigenvalue weighted by molar-refractivity contribution is 0.0694. The van der Waals surface area contributed by atoms with Crippen LogP contribution in [0.25, 0.3) is 0 Å². The minimum Gasteiger partial charge on any atom is -0.389 e. The standard InChI is InChI=1S/C15H23N3O2S/c1-18(8-11(19)9-20-2)15-12(14(16)21)7-10-5-3-4-6-13(10)17-15/h7,11,19H,3-6,8-9H2,1-2H3,(H2,16,21). The molecule has 1 aliphatic rings. The van der Waals surface area contributed by atoms with Gasteiger partial charge in [0.2, 0.25) is 0 Å². The van der Waals surface area contributed by atoms with E-state index in [0.717, 1.165) is 29.9 Å². The minimum atomic E-state index is -0.572. The summed E-state index contributed by atoms with van der Waals surface area (Å²) < 4.78 is 4.96. The van der Waals surface area contributed by atoms with E-state index in [4.69, 9.17) is 27.7 Å². The fourth-order valence-electron chi connectivity index (χ4n) is 2.74. The van der Waals surface area contributed by atoms with Gasteiger partial charge in [0.05, 0.1) is 18.3 Å². The lowest BCUT2D eigenvalue weighted by atomic mass is 9.94. The molecule has 0 bridgehead atoms. The molecule has 3 N–H and O–H groups in total. The SMILES string of the molecule is COCC(O)CN(C)c1nc2c(cc1C(N)=S)CCCC2. The number of nitrogens with two attached hydrogens (primary N) is 1. The average Bonchev–Trinajstić information content (AvgIpc) is 2.45. The third-order valence-corrected chi connectivity index (χ3v) is 3.97. The summed E-state index contributed by atoms with van der Waals surface area (Å²) in [4.78, 5) is 7.00. The van der Waals surface area contributed by atoms with Crippen LogP contribution in [0.1, 0.15) is 29.7 Å². The Morgan fingerprint density at radius 3 is 2.90 bits per heavy atom. The monoisotopic (exact) mass is 309 g/mol. The molecular formula is C15H23N3O2S. The summed E-state index contributed by atoms with van der Waals surface area (Å²) >= 11 is 5.16. The molecule has 0 spiro atoms. The van der Waals surface area contributed by atoms with Crippen molar-refractivity contribution in [2.24, 2.45) is 5.73 Å². The number of fused-ring (bicyclic) bond motifs is 1. The smallest absolute Gasteiger partial charge is 0.138 e. The van der Waals surface area contributed by atoms with Crippen LogP contribution in [-0.4, -0.2) is 48.5 Å². The van der Waals surface area contributed by atoms with E-state index < -0.39 is 6.10 Å². The Kier molecular flexibility index (Phi) is 5.50. The van der Waals surface area contributed by atoms with Gasteiger partial charge in [-0.1, -0.05) is 12.2 Å². The molecule has 1 atom stereocenters. The first-order valence-corrected chi connectivity index (χ1v) is 7.64. The number of aliphatic hydroxyl groups is 1. The van der Waals surface area contributed by atoms with E-state index in [1.54, 1.807) is 7.11 Å². The zero-order valence-corrected chi connectivity index (χ0v) is 13.4. The summed E-state index contributed by atoms with van der Waals surface area (Å²) in [6.45, 7) is 0.715. The van der Waals surface area contributed by atoms with Crippen molar-refractivity contribution in [3.05, 3.63) is 22.9 Å². The summed E-state index contributed by atoms with van der Waals surface area (Å²) in [5.74, 6) is 0.748. The topological polar surface area (TPSA) is 71.6 Å². The predicted molar refractivity (Wildman–Crippen MR) is 87.9 cm³/mol. The molecule has 1 aromatic rings. The number of likely N-dealkylation sites (N-methyl/N-ethyl adjacent to an activating group) is 1. The Labute approximate surface area is 131 Å². The molecular weight excluding hydrogens is 286 g/mol. The molecule has 0 fully saturated rings. The third kappa shape index (κ3) is 3.90. The lowest BCUT2D eigenvalue weighted by Crippen LogP contribution is -2.34. The Bertz CT molecular complexity index is 522. The fourth-order valence-corrected chi connectivity index (χ4v) is 2.89. The molecule has 0 amide bonds. The first-order chi connectivity index (χ1) is 10.0. The highest BCUT2D eigenvalue weighted by Gasteiger charge is 2.20. The van der Waals surface area contributed by atoms with Gasteiger partial charge in [0.25, 0.3) is 0 Å². The van der Waals surface area contributed by atoms with Crippen molar-refractivity contribution in [1.29, 1.82) is 0 Å². The molecule has 0 aliphatic heterocycles. The van der Waals surface area contributed by atoms with E-state index in [1.165, 1.54) is 18.4 Å². The van der Waals surface area contributed by atoms with E-state index in [9.17, 15) is 5.11 Å². The Balaban J connectivity index is 2.29. The second-order valence-corrected chi connectivity index (χ2v) is 5.97. The van der Waals surface area contributed by atoms with Crippen LogP contribution in [0.2, 0.25) is 0 Å². The molecule has 1 aliphatic carbocycles. The summed E-state index contributed by atoms with van der Waals surface area (Å²) in [6.07, 6.45) is 3.81. The number of hydrogen-bond acceptors (Lipinski definition) is 5. The van der Waals surface area contributed by atoms with Crippen LogP contribution in [0.4, 0.5) is 5.82 Å². The van der Waals surface area contributed by atoms with Crippen molar-refractivity contribution in [3.8, 4) is 0 Å². The van der Waals surface area contributed by atoms with E-state index in [1.807, 2.05) is 11.9 Å². The van der Waals surface area contributed by atoms with Gasteiger partial charge in [-0.3, -0.25) is 0 Å². The average molecular weight is 309 g/mol. The van der Waals surface area contributed by atoms with Crippen molar-refractivity contribution < 1.29 is 9.84 Å². The van der Waals surface area contributed by atoms with Crippen LogP contribution < -0.4 is 10.6 Å². The molecule has 1 heterocycles.